The van der Waals surface area contributed by atoms with E-state index in [1.54, 1.807) is 6.20 Å². The molecule has 0 atom stereocenters. The molecule has 2 nitrogen and oxygen atoms in total. The Morgan fingerprint density at radius 1 is 1.24 bits per heavy atom. The summed E-state index contributed by atoms with van der Waals surface area (Å²) in [6.45, 7) is 3.03. The van der Waals surface area contributed by atoms with Crippen LogP contribution in [0.15, 0.2) is 42.6 Å². The molecule has 0 fully saturated rings. The summed E-state index contributed by atoms with van der Waals surface area (Å²) >= 11 is 5.81. The highest BCUT2D eigenvalue weighted by molar-refractivity contribution is 6.29. The second kappa shape index (κ2) is 5.69. The standard InChI is InChI=1S/C14H15ClN2/c1-11-4-2-3-5-12(11)6-8-16-13-7-9-17-14(15)10-13/h2-5,7,9-10H,6,8H2,1H3,(H,16,17). The summed E-state index contributed by atoms with van der Waals surface area (Å²) < 4.78 is 0. The smallest absolute Gasteiger partial charge is 0.131 e. The van der Waals surface area contributed by atoms with Gasteiger partial charge >= 0.3 is 0 Å². The van der Waals surface area contributed by atoms with Crippen LogP contribution in [0.3, 0.4) is 0 Å². The van der Waals surface area contributed by atoms with E-state index >= 15 is 0 Å². The highest BCUT2D eigenvalue weighted by Gasteiger charge is 1.97. The molecule has 88 valence electrons. The van der Waals surface area contributed by atoms with Crippen molar-refractivity contribution in [3.05, 3.63) is 58.9 Å². The monoisotopic (exact) mass is 246 g/mol. The molecule has 2 aromatic rings. The van der Waals surface area contributed by atoms with Crippen molar-refractivity contribution in [2.24, 2.45) is 0 Å². The van der Waals surface area contributed by atoms with Gasteiger partial charge in [0.15, 0.2) is 0 Å². The first-order valence-electron chi connectivity index (χ1n) is 5.65. The first kappa shape index (κ1) is 11.9. The van der Waals surface area contributed by atoms with Gasteiger partial charge < -0.3 is 5.32 Å². The molecule has 1 N–H and O–H groups in total. The molecule has 0 aliphatic rings. The molecule has 0 amide bonds. The van der Waals surface area contributed by atoms with Crippen LogP contribution in [-0.4, -0.2) is 11.5 Å². The van der Waals surface area contributed by atoms with Crippen molar-refractivity contribution in [2.75, 3.05) is 11.9 Å². The van der Waals surface area contributed by atoms with Crippen LogP contribution in [0.1, 0.15) is 11.1 Å². The second-order valence-electron chi connectivity index (χ2n) is 3.97. The van der Waals surface area contributed by atoms with Gasteiger partial charge in [-0.15, -0.1) is 0 Å². The van der Waals surface area contributed by atoms with Gasteiger partial charge in [-0.1, -0.05) is 35.9 Å². The number of nitrogens with one attached hydrogen (secondary N) is 1. The number of pyridine rings is 1. The molecule has 0 aliphatic carbocycles. The summed E-state index contributed by atoms with van der Waals surface area (Å²) in [6, 6.07) is 12.2. The fourth-order valence-corrected chi connectivity index (χ4v) is 1.92. The van der Waals surface area contributed by atoms with Crippen molar-refractivity contribution in [3.63, 3.8) is 0 Å². The maximum absolute atomic E-state index is 5.81. The van der Waals surface area contributed by atoms with Crippen LogP contribution >= 0.6 is 11.6 Å². The van der Waals surface area contributed by atoms with Gasteiger partial charge in [0.05, 0.1) is 0 Å². The molecular formula is C14H15ClN2. The van der Waals surface area contributed by atoms with Gasteiger partial charge in [-0.25, -0.2) is 4.98 Å². The van der Waals surface area contributed by atoms with Crippen molar-refractivity contribution in [1.29, 1.82) is 0 Å². The highest BCUT2D eigenvalue weighted by atomic mass is 35.5. The maximum atomic E-state index is 5.81. The van der Waals surface area contributed by atoms with Gasteiger partial charge in [0.1, 0.15) is 5.15 Å². The van der Waals surface area contributed by atoms with E-state index in [9.17, 15) is 0 Å². The molecule has 1 aromatic carbocycles. The van der Waals surface area contributed by atoms with Gasteiger partial charge in [0.2, 0.25) is 0 Å². The average molecular weight is 247 g/mol. The number of rotatable bonds is 4. The van der Waals surface area contributed by atoms with Gasteiger partial charge in [0.25, 0.3) is 0 Å². The van der Waals surface area contributed by atoms with Crippen LogP contribution in [0.2, 0.25) is 5.15 Å². The first-order chi connectivity index (χ1) is 8.25. The molecule has 2 rings (SSSR count). The third kappa shape index (κ3) is 3.46. The van der Waals surface area contributed by atoms with E-state index in [4.69, 9.17) is 11.6 Å². The minimum atomic E-state index is 0.519. The van der Waals surface area contributed by atoms with Gasteiger partial charge in [-0.3, -0.25) is 0 Å². The maximum Gasteiger partial charge on any atom is 0.131 e. The molecule has 0 saturated carbocycles. The molecule has 1 aromatic heterocycles. The summed E-state index contributed by atoms with van der Waals surface area (Å²) in [5.74, 6) is 0. The zero-order chi connectivity index (χ0) is 12.1. The number of hydrogen-bond acceptors (Lipinski definition) is 2. The predicted molar refractivity (Wildman–Crippen MR) is 72.6 cm³/mol. The average Bonchev–Trinajstić information content (AvgIpc) is 2.32. The lowest BCUT2D eigenvalue weighted by atomic mass is 10.1. The molecule has 0 spiro atoms. The number of hydrogen-bond donors (Lipinski definition) is 1. The Balaban J connectivity index is 1.90. The number of halogens is 1. The van der Waals surface area contributed by atoms with E-state index < -0.39 is 0 Å². The molecule has 1 heterocycles. The Labute approximate surface area is 107 Å². The number of aromatic nitrogens is 1. The van der Waals surface area contributed by atoms with Gasteiger partial charge in [-0.2, -0.15) is 0 Å². The van der Waals surface area contributed by atoms with Gasteiger partial charge in [-0.05, 0) is 36.6 Å². The van der Waals surface area contributed by atoms with E-state index in [1.165, 1.54) is 11.1 Å². The molecule has 17 heavy (non-hydrogen) atoms. The molecule has 0 saturated heterocycles. The summed E-state index contributed by atoms with van der Waals surface area (Å²) in [5, 5.41) is 3.86. The van der Waals surface area contributed by atoms with Crippen LogP contribution in [0.5, 0.6) is 0 Å². The third-order valence-electron chi connectivity index (χ3n) is 2.71. The van der Waals surface area contributed by atoms with Crippen molar-refractivity contribution in [2.45, 2.75) is 13.3 Å². The quantitative estimate of drug-likeness (QED) is 0.833. The summed E-state index contributed by atoms with van der Waals surface area (Å²) in [6.07, 6.45) is 2.71. The fraction of sp³-hybridized carbons (Fsp3) is 0.214. The Bertz CT molecular complexity index is 497. The van der Waals surface area contributed by atoms with Crippen molar-refractivity contribution < 1.29 is 0 Å². The van der Waals surface area contributed by atoms with Crippen LogP contribution in [-0.2, 0) is 6.42 Å². The highest BCUT2D eigenvalue weighted by Crippen LogP contribution is 2.12. The Kier molecular flexibility index (Phi) is 3.99. The fourth-order valence-electron chi connectivity index (χ4n) is 1.74. The topological polar surface area (TPSA) is 24.9 Å². The molecule has 0 unspecified atom stereocenters. The molecule has 0 aliphatic heterocycles. The SMILES string of the molecule is Cc1ccccc1CCNc1ccnc(Cl)c1. The van der Waals surface area contributed by atoms with E-state index in [0.29, 0.717) is 5.15 Å². The van der Waals surface area contributed by atoms with Crippen molar-refractivity contribution in [1.82, 2.24) is 4.98 Å². The Morgan fingerprint density at radius 2 is 2.06 bits per heavy atom. The largest absolute Gasteiger partial charge is 0.385 e. The van der Waals surface area contributed by atoms with E-state index in [-0.39, 0.29) is 0 Å². The first-order valence-corrected chi connectivity index (χ1v) is 6.03. The number of anilines is 1. The molecule has 0 radical (unpaired) electrons. The van der Waals surface area contributed by atoms with Crippen LogP contribution in [0, 0.1) is 6.92 Å². The third-order valence-corrected chi connectivity index (χ3v) is 2.92. The lowest BCUT2D eigenvalue weighted by Crippen LogP contribution is -2.05. The Morgan fingerprint density at radius 3 is 2.82 bits per heavy atom. The van der Waals surface area contributed by atoms with Crippen molar-refractivity contribution >= 4 is 17.3 Å². The number of nitrogens with zero attached hydrogens (tertiary/aromatic N) is 1. The van der Waals surface area contributed by atoms with Crippen LogP contribution in [0.25, 0.3) is 0 Å². The second-order valence-corrected chi connectivity index (χ2v) is 4.36. The number of benzene rings is 1. The number of aryl methyl sites for hydroxylation is 1. The lowest BCUT2D eigenvalue weighted by Gasteiger charge is -2.08. The molecule has 3 heteroatoms. The summed E-state index contributed by atoms with van der Waals surface area (Å²) in [7, 11) is 0. The normalized spacial score (nSPS) is 10.2. The van der Waals surface area contributed by atoms with Crippen LogP contribution < -0.4 is 5.32 Å². The zero-order valence-electron chi connectivity index (χ0n) is 9.78. The zero-order valence-corrected chi connectivity index (χ0v) is 10.5. The molecular weight excluding hydrogens is 232 g/mol. The minimum Gasteiger partial charge on any atom is -0.385 e. The summed E-state index contributed by atoms with van der Waals surface area (Å²) in [5.41, 5.74) is 3.72. The van der Waals surface area contributed by atoms with E-state index in [0.717, 1.165) is 18.7 Å². The predicted octanol–water partition coefficient (Wildman–Crippen LogP) is 3.70. The van der Waals surface area contributed by atoms with Crippen molar-refractivity contribution in [3.8, 4) is 0 Å². The molecule has 0 bridgehead atoms. The summed E-state index contributed by atoms with van der Waals surface area (Å²) in [4.78, 5) is 3.95. The van der Waals surface area contributed by atoms with E-state index in [1.807, 2.05) is 12.1 Å². The van der Waals surface area contributed by atoms with E-state index in [2.05, 4.69) is 41.5 Å². The van der Waals surface area contributed by atoms with Gasteiger partial charge in [0, 0.05) is 18.4 Å². The Hall–Kier alpha value is -1.54. The van der Waals surface area contributed by atoms with Crippen LogP contribution in [0.4, 0.5) is 5.69 Å². The minimum absolute atomic E-state index is 0.519. The lowest BCUT2D eigenvalue weighted by molar-refractivity contribution is 1.00.